The molecule has 4 rings (SSSR count). The van der Waals surface area contributed by atoms with Gasteiger partial charge in [-0.2, -0.15) is 0 Å². The zero-order valence-corrected chi connectivity index (χ0v) is 17.2. The zero-order chi connectivity index (χ0) is 20.4. The van der Waals surface area contributed by atoms with E-state index in [1.54, 1.807) is 27.4 Å². The molecule has 9 heteroatoms. The second-order valence-electron chi connectivity index (χ2n) is 6.78. The monoisotopic (exact) mass is 410 g/mol. The second-order valence-corrected chi connectivity index (χ2v) is 7.56. The van der Waals surface area contributed by atoms with Gasteiger partial charge in [0, 0.05) is 19.7 Å². The normalized spacial score (nSPS) is 14.8. The quantitative estimate of drug-likeness (QED) is 0.348. The first-order valence-corrected chi connectivity index (χ1v) is 10.8. The molecule has 150 valence electrons. The second kappa shape index (κ2) is 8.20. The molecule has 3 aromatic rings. The third-order valence-corrected chi connectivity index (χ3v) is 5.44. The van der Waals surface area contributed by atoms with Crippen LogP contribution in [0.3, 0.4) is 0 Å². The lowest BCUT2D eigenvalue weighted by molar-refractivity contribution is -0.116. The van der Waals surface area contributed by atoms with Crippen LogP contribution >= 0.6 is 11.8 Å². The van der Waals surface area contributed by atoms with E-state index in [0.717, 1.165) is 19.3 Å². The summed E-state index contributed by atoms with van der Waals surface area (Å²) in [5, 5.41) is 1.03. The first-order valence-electron chi connectivity index (χ1n) is 9.53. The number of rotatable bonds is 1. The number of aromatic nitrogens is 5. The van der Waals surface area contributed by atoms with Crippen LogP contribution in [0, 0.1) is 0 Å². The minimum Gasteiger partial charge on any atom is -0.297 e. The summed E-state index contributed by atoms with van der Waals surface area (Å²) in [6.45, 7) is 2.56. The van der Waals surface area contributed by atoms with Crippen molar-refractivity contribution < 1.29 is 4.79 Å². The number of anilines is 1. The van der Waals surface area contributed by atoms with Gasteiger partial charge in [0.15, 0.2) is 16.6 Å². The summed E-state index contributed by atoms with van der Waals surface area (Å²) in [6, 6.07) is 5.49. The van der Waals surface area contributed by atoms with Crippen LogP contribution in [-0.4, -0.2) is 43.0 Å². The van der Waals surface area contributed by atoms with Gasteiger partial charge in [-0.05, 0) is 37.7 Å². The highest BCUT2D eigenvalue weighted by Crippen LogP contribution is 2.20. The third-order valence-electron chi connectivity index (χ3n) is 4.88. The molecule has 1 aliphatic rings. The fourth-order valence-corrected chi connectivity index (χ4v) is 3.78. The maximum Gasteiger partial charge on any atom is 0.278 e. The Morgan fingerprint density at radius 3 is 2.76 bits per heavy atom. The van der Waals surface area contributed by atoms with Crippen molar-refractivity contribution in [1.82, 2.24) is 24.3 Å². The molecule has 0 aliphatic carbocycles. The molecule has 0 spiro atoms. The van der Waals surface area contributed by atoms with Crippen LogP contribution in [0.5, 0.6) is 0 Å². The van der Waals surface area contributed by atoms with Gasteiger partial charge in [-0.3, -0.25) is 14.5 Å². The van der Waals surface area contributed by atoms with Gasteiger partial charge in [0.25, 0.3) is 5.56 Å². The van der Waals surface area contributed by atoms with Gasteiger partial charge in [-0.25, -0.2) is 24.3 Å². The Kier molecular flexibility index (Phi) is 5.48. The molecule has 0 saturated carbocycles. The number of carbonyl (C=O) groups excluding carboxylic acids is 1. The fraction of sp³-hybridized carbons (Fsp3) is 0.350. The van der Waals surface area contributed by atoms with E-state index in [4.69, 9.17) is 4.98 Å². The summed E-state index contributed by atoms with van der Waals surface area (Å²) in [7, 11) is 0. The van der Waals surface area contributed by atoms with Gasteiger partial charge >= 0.3 is 0 Å². The summed E-state index contributed by atoms with van der Waals surface area (Å²) < 4.78 is 3.34. The summed E-state index contributed by atoms with van der Waals surface area (Å²) in [4.78, 5) is 40.5. The van der Waals surface area contributed by atoms with Crippen molar-refractivity contribution in [3.05, 3.63) is 46.9 Å². The Morgan fingerprint density at radius 2 is 1.97 bits per heavy atom. The molecule has 0 atom stereocenters. The maximum atomic E-state index is 13.1. The van der Waals surface area contributed by atoms with Gasteiger partial charge in [0.05, 0.1) is 6.54 Å². The van der Waals surface area contributed by atoms with E-state index in [9.17, 15) is 9.59 Å². The Bertz CT molecular complexity index is 1150. The van der Waals surface area contributed by atoms with Crippen LogP contribution in [-0.2, 0) is 11.3 Å². The zero-order valence-electron chi connectivity index (χ0n) is 16.4. The van der Waals surface area contributed by atoms with Gasteiger partial charge < -0.3 is 0 Å². The lowest BCUT2D eigenvalue weighted by Crippen LogP contribution is -2.30. The lowest BCUT2D eigenvalue weighted by Gasteiger charge is -2.21. The van der Waals surface area contributed by atoms with E-state index in [1.165, 1.54) is 11.8 Å². The largest absolute Gasteiger partial charge is 0.297 e. The Morgan fingerprint density at radius 1 is 1.14 bits per heavy atom. The van der Waals surface area contributed by atoms with Gasteiger partial charge in [0.1, 0.15) is 11.2 Å². The van der Waals surface area contributed by atoms with Crippen molar-refractivity contribution in [2.75, 3.05) is 17.7 Å². The van der Waals surface area contributed by atoms with Crippen molar-refractivity contribution in [3.8, 4) is 5.82 Å². The van der Waals surface area contributed by atoms with Crippen LogP contribution in [0.4, 0.5) is 5.82 Å². The minimum absolute atomic E-state index is 0.0539. The molecule has 0 saturated heterocycles. The molecule has 2 bridgehead atoms. The molecule has 1 amide bonds. The molecular formula is C20H22N6O2S. The van der Waals surface area contributed by atoms with E-state index in [1.807, 2.05) is 30.5 Å². The number of pyridine rings is 1. The van der Waals surface area contributed by atoms with Crippen molar-refractivity contribution in [2.24, 2.45) is 0 Å². The molecule has 4 heterocycles. The average Bonchev–Trinajstić information content (AvgIpc) is 3.00. The summed E-state index contributed by atoms with van der Waals surface area (Å²) in [6.07, 6.45) is 10.3. The van der Waals surface area contributed by atoms with E-state index in [0.29, 0.717) is 40.9 Å². The molecule has 3 aromatic heterocycles. The third kappa shape index (κ3) is 3.69. The van der Waals surface area contributed by atoms with E-state index in [-0.39, 0.29) is 11.5 Å². The standard InChI is InChI=1S/C20H22N6O2S/c1-14(27)24-11-6-4-3-5-7-12-25-19(28)15-13-21-20(29-2)23-18(15)26(25)17-10-8-9-16(24)22-17/h5,7-10,13H,3-4,6,11-12H2,1-2H3. The van der Waals surface area contributed by atoms with Crippen LogP contribution in [0.2, 0.25) is 0 Å². The minimum atomic E-state index is -0.164. The molecule has 0 N–H and O–H groups in total. The summed E-state index contributed by atoms with van der Waals surface area (Å²) in [5.74, 6) is 1.06. The van der Waals surface area contributed by atoms with E-state index in [2.05, 4.69) is 16.0 Å². The number of hydrogen-bond donors (Lipinski definition) is 0. The fourth-order valence-electron chi connectivity index (χ4n) is 3.45. The van der Waals surface area contributed by atoms with Crippen LogP contribution in [0.25, 0.3) is 16.9 Å². The van der Waals surface area contributed by atoms with Gasteiger partial charge in [0.2, 0.25) is 5.91 Å². The highest BCUT2D eigenvalue weighted by molar-refractivity contribution is 7.98. The Balaban J connectivity index is 1.99. The van der Waals surface area contributed by atoms with Crippen LogP contribution < -0.4 is 10.5 Å². The number of nitrogens with zero attached hydrogens (tertiary/aromatic N) is 6. The van der Waals surface area contributed by atoms with Crippen molar-refractivity contribution in [1.29, 1.82) is 0 Å². The SMILES string of the molecule is CSc1ncc2c(=O)n3n(c2n1)-c1cccc(n1)N(C(C)=O)CCCCC=CC3. The van der Waals surface area contributed by atoms with Crippen molar-refractivity contribution in [2.45, 2.75) is 37.9 Å². The highest BCUT2D eigenvalue weighted by Gasteiger charge is 2.19. The van der Waals surface area contributed by atoms with Gasteiger partial charge in [-0.1, -0.05) is 30.0 Å². The highest BCUT2D eigenvalue weighted by atomic mass is 32.2. The van der Waals surface area contributed by atoms with E-state index < -0.39 is 0 Å². The predicted octanol–water partition coefficient (Wildman–Crippen LogP) is 2.79. The molecule has 0 radical (unpaired) electrons. The number of amides is 1. The van der Waals surface area contributed by atoms with E-state index >= 15 is 0 Å². The summed E-state index contributed by atoms with van der Waals surface area (Å²) in [5.41, 5.74) is 0.347. The molecule has 0 aromatic carbocycles. The maximum absolute atomic E-state index is 13.1. The molecule has 1 aliphatic heterocycles. The lowest BCUT2D eigenvalue weighted by atomic mass is 10.2. The Labute approximate surface area is 172 Å². The number of allylic oxidation sites excluding steroid dienone is 2. The summed E-state index contributed by atoms with van der Waals surface area (Å²) >= 11 is 1.41. The first-order chi connectivity index (χ1) is 14.1. The molecule has 0 fully saturated rings. The van der Waals surface area contributed by atoms with Crippen molar-refractivity contribution >= 4 is 34.5 Å². The molecular weight excluding hydrogens is 388 g/mol. The molecule has 29 heavy (non-hydrogen) atoms. The number of fused-ring (bicyclic) bond motifs is 6. The molecule has 8 nitrogen and oxygen atoms in total. The van der Waals surface area contributed by atoms with Crippen LogP contribution in [0.1, 0.15) is 26.2 Å². The average molecular weight is 411 g/mol. The van der Waals surface area contributed by atoms with Crippen LogP contribution in [0.15, 0.2) is 46.5 Å². The number of hydrogen-bond acceptors (Lipinski definition) is 6. The predicted molar refractivity (Wildman–Crippen MR) is 114 cm³/mol. The Hall–Kier alpha value is -2.94. The van der Waals surface area contributed by atoms with Gasteiger partial charge in [-0.15, -0.1) is 0 Å². The molecule has 0 unspecified atom stereocenters. The number of carbonyl (C=O) groups is 1. The first kappa shape index (κ1) is 19.4. The van der Waals surface area contributed by atoms with Crippen molar-refractivity contribution in [3.63, 3.8) is 0 Å². The number of thioether (sulfide) groups is 1. The topological polar surface area (TPSA) is 85.9 Å². The smallest absolute Gasteiger partial charge is 0.278 e.